The van der Waals surface area contributed by atoms with Gasteiger partial charge in [-0.05, 0) is 36.6 Å². The summed E-state index contributed by atoms with van der Waals surface area (Å²) in [5.41, 5.74) is 2.00. The number of hydrogen-bond acceptors (Lipinski definition) is 4. The van der Waals surface area contributed by atoms with E-state index in [-0.39, 0.29) is 23.8 Å². The molecule has 0 aromatic heterocycles. The number of anilines is 1. The lowest BCUT2D eigenvalue weighted by Gasteiger charge is -2.30. The summed E-state index contributed by atoms with van der Waals surface area (Å²) in [5, 5.41) is 2.94. The van der Waals surface area contributed by atoms with Gasteiger partial charge in [-0.15, -0.1) is 0 Å². The maximum Gasteiger partial charge on any atom is 0.227 e. The molecule has 2 heterocycles. The van der Waals surface area contributed by atoms with Gasteiger partial charge in [-0.1, -0.05) is 30.3 Å². The molecule has 0 radical (unpaired) electrons. The number of carbonyl (C=O) groups excluding carboxylic acids is 2. The maximum absolute atomic E-state index is 12.6. The lowest BCUT2D eigenvalue weighted by molar-refractivity contribution is -0.131. The summed E-state index contributed by atoms with van der Waals surface area (Å²) in [6.07, 6.45) is 1.35. The number of nitrogens with one attached hydrogen (secondary N) is 1. The quantitative estimate of drug-likeness (QED) is 0.866. The first-order valence-electron chi connectivity index (χ1n) is 9.61. The fourth-order valence-corrected chi connectivity index (χ4v) is 3.70. The molecule has 6 nitrogen and oxygen atoms in total. The van der Waals surface area contributed by atoms with Crippen LogP contribution in [0.1, 0.15) is 18.4 Å². The highest BCUT2D eigenvalue weighted by molar-refractivity contribution is 5.96. The monoisotopic (exact) mass is 380 g/mol. The number of amides is 2. The molecule has 2 amide bonds. The van der Waals surface area contributed by atoms with E-state index in [1.165, 1.54) is 0 Å². The van der Waals surface area contributed by atoms with Crippen molar-refractivity contribution in [2.75, 3.05) is 25.5 Å². The van der Waals surface area contributed by atoms with Crippen LogP contribution in [0.4, 0.5) is 5.69 Å². The first-order valence-corrected chi connectivity index (χ1v) is 9.61. The predicted octanol–water partition coefficient (Wildman–Crippen LogP) is 2.88. The molecule has 0 bridgehead atoms. The van der Waals surface area contributed by atoms with Crippen molar-refractivity contribution >= 4 is 17.5 Å². The van der Waals surface area contributed by atoms with Crippen LogP contribution in [-0.4, -0.2) is 43.0 Å². The molecule has 2 aromatic carbocycles. The molecule has 0 saturated carbocycles. The molecular weight excluding hydrogens is 356 g/mol. The number of nitrogens with zero attached hydrogens (tertiary/aromatic N) is 1. The minimum absolute atomic E-state index is 0.00484. The van der Waals surface area contributed by atoms with Crippen LogP contribution in [0.25, 0.3) is 0 Å². The van der Waals surface area contributed by atoms with Crippen LogP contribution in [-0.2, 0) is 16.0 Å². The highest BCUT2D eigenvalue weighted by Crippen LogP contribution is 2.31. The van der Waals surface area contributed by atoms with Gasteiger partial charge in [-0.25, -0.2) is 0 Å². The first kappa shape index (κ1) is 18.3. The Hall–Kier alpha value is -3.02. The van der Waals surface area contributed by atoms with E-state index in [9.17, 15) is 9.59 Å². The third kappa shape index (κ3) is 3.96. The van der Waals surface area contributed by atoms with Crippen LogP contribution in [0.5, 0.6) is 11.5 Å². The van der Waals surface area contributed by atoms with Gasteiger partial charge in [0.1, 0.15) is 6.61 Å². The number of carbonyl (C=O) groups is 2. The molecule has 2 aliphatic heterocycles. The molecule has 2 aliphatic rings. The number of fused-ring (bicyclic) bond motifs is 2. The second kappa shape index (κ2) is 7.92. The molecule has 0 saturated heterocycles. The van der Waals surface area contributed by atoms with E-state index in [2.05, 4.69) is 5.32 Å². The summed E-state index contributed by atoms with van der Waals surface area (Å²) in [6.45, 7) is 0.864. The summed E-state index contributed by atoms with van der Waals surface area (Å²) in [4.78, 5) is 26.5. The highest BCUT2D eigenvalue weighted by Gasteiger charge is 2.28. The van der Waals surface area contributed by atoms with Crippen LogP contribution in [0, 0.1) is 5.92 Å². The Labute approximate surface area is 164 Å². The average molecular weight is 380 g/mol. The molecule has 28 heavy (non-hydrogen) atoms. The third-order valence-electron chi connectivity index (χ3n) is 5.29. The zero-order valence-corrected chi connectivity index (χ0v) is 15.9. The predicted molar refractivity (Wildman–Crippen MR) is 105 cm³/mol. The lowest BCUT2D eigenvalue weighted by atomic mass is 9.89. The summed E-state index contributed by atoms with van der Waals surface area (Å²) in [6, 6.07) is 15.3. The van der Waals surface area contributed by atoms with Crippen LogP contribution in [0.3, 0.4) is 0 Å². The second-order valence-electron chi connectivity index (χ2n) is 7.36. The Morgan fingerprint density at radius 1 is 1.14 bits per heavy atom. The molecular formula is C22H24N2O4. The molecule has 4 rings (SSSR count). The maximum atomic E-state index is 12.6. The Morgan fingerprint density at radius 2 is 1.89 bits per heavy atom. The minimum atomic E-state index is -0.200. The zero-order chi connectivity index (χ0) is 19.5. The van der Waals surface area contributed by atoms with Crippen molar-refractivity contribution in [3.63, 3.8) is 0 Å². The van der Waals surface area contributed by atoms with E-state index in [4.69, 9.17) is 9.47 Å². The van der Waals surface area contributed by atoms with E-state index < -0.39 is 0 Å². The molecule has 1 N–H and O–H groups in total. The van der Waals surface area contributed by atoms with Gasteiger partial charge in [0.2, 0.25) is 11.8 Å². The molecule has 146 valence electrons. The molecule has 2 aromatic rings. The van der Waals surface area contributed by atoms with Gasteiger partial charge < -0.3 is 19.7 Å². The standard InChI is InChI=1S/C22H24N2O4/c1-24(13-17-14-27-19-8-4-5-9-20(19)28-17)21(25)11-10-16-12-15-6-2-3-7-18(15)23-22(16)26/h2-9,16-17H,10-14H2,1H3,(H,23,26)/t16-,17-/m1/s1. The van der Waals surface area contributed by atoms with Crippen molar-refractivity contribution in [2.45, 2.75) is 25.4 Å². The second-order valence-corrected chi connectivity index (χ2v) is 7.36. The summed E-state index contributed by atoms with van der Waals surface area (Å²) < 4.78 is 11.6. The third-order valence-corrected chi connectivity index (χ3v) is 5.29. The van der Waals surface area contributed by atoms with Gasteiger partial charge >= 0.3 is 0 Å². The Kier molecular flexibility index (Phi) is 5.19. The number of rotatable bonds is 5. The van der Waals surface area contributed by atoms with E-state index >= 15 is 0 Å². The summed E-state index contributed by atoms with van der Waals surface area (Å²) in [5.74, 6) is 1.27. The molecule has 0 fully saturated rings. The van der Waals surface area contributed by atoms with Gasteiger partial charge in [-0.2, -0.15) is 0 Å². The van der Waals surface area contributed by atoms with E-state index in [1.54, 1.807) is 11.9 Å². The van der Waals surface area contributed by atoms with Gasteiger partial charge in [-0.3, -0.25) is 9.59 Å². The highest BCUT2D eigenvalue weighted by atomic mass is 16.6. The normalized spacial score (nSPS) is 20.1. The van der Waals surface area contributed by atoms with Crippen LogP contribution in [0.2, 0.25) is 0 Å². The molecule has 2 atom stereocenters. The number of benzene rings is 2. The van der Waals surface area contributed by atoms with Crippen LogP contribution < -0.4 is 14.8 Å². The minimum Gasteiger partial charge on any atom is -0.486 e. The van der Waals surface area contributed by atoms with Crippen molar-refractivity contribution in [1.29, 1.82) is 0 Å². The van der Waals surface area contributed by atoms with Crippen LogP contribution in [0.15, 0.2) is 48.5 Å². The topological polar surface area (TPSA) is 67.9 Å². The Morgan fingerprint density at radius 3 is 2.75 bits per heavy atom. The Bertz CT molecular complexity index is 882. The number of ether oxygens (including phenoxy) is 2. The molecule has 0 aliphatic carbocycles. The average Bonchev–Trinajstić information content (AvgIpc) is 2.71. The van der Waals surface area contributed by atoms with Crippen LogP contribution >= 0.6 is 0 Å². The SMILES string of the molecule is CN(C[C@@H]1COc2ccccc2O1)C(=O)CC[C@@H]1Cc2ccccc2NC1=O. The van der Waals surface area contributed by atoms with E-state index in [0.717, 1.165) is 17.0 Å². The van der Waals surface area contributed by atoms with Gasteiger partial charge in [0.05, 0.1) is 6.54 Å². The zero-order valence-electron chi connectivity index (χ0n) is 15.9. The van der Waals surface area contributed by atoms with Crippen molar-refractivity contribution in [2.24, 2.45) is 5.92 Å². The summed E-state index contributed by atoms with van der Waals surface area (Å²) >= 11 is 0. The van der Waals surface area contributed by atoms with Crippen molar-refractivity contribution in [1.82, 2.24) is 4.90 Å². The van der Waals surface area contributed by atoms with Gasteiger partial charge in [0.15, 0.2) is 17.6 Å². The fraction of sp³-hybridized carbons (Fsp3) is 0.364. The number of likely N-dealkylation sites (N-methyl/N-ethyl adjacent to an activating group) is 1. The molecule has 6 heteroatoms. The van der Waals surface area contributed by atoms with E-state index in [0.29, 0.717) is 38.2 Å². The largest absolute Gasteiger partial charge is 0.486 e. The van der Waals surface area contributed by atoms with Crippen molar-refractivity contribution in [3.8, 4) is 11.5 Å². The Balaban J connectivity index is 1.28. The number of hydrogen-bond donors (Lipinski definition) is 1. The smallest absolute Gasteiger partial charge is 0.227 e. The van der Waals surface area contributed by atoms with Crippen molar-refractivity contribution < 1.29 is 19.1 Å². The van der Waals surface area contributed by atoms with Gasteiger partial charge in [0, 0.05) is 25.1 Å². The number of para-hydroxylation sites is 3. The molecule has 0 spiro atoms. The summed E-state index contributed by atoms with van der Waals surface area (Å²) in [7, 11) is 1.77. The van der Waals surface area contributed by atoms with Crippen molar-refractivity contribution in [3.05, 3.63) is 54.1 Å². The fourth-order valence-electron chi connectivity index (χ4n) is 3.70. The first-order chi connectivity index (χ1) is 13.6. The lowest BCUT2D eigenvalue weighted by Crippen LogP contribution is -2.42. The van der Waals surface area contributed by atoms with E-state index in [1.807, 2.05) is 48.5 Å². The van der Waals surface area contributed by atoms with Gasteiger partial charge in [0.25, 0.3) is 0 Å². The molecule has 0 unspecified atom stereocenters.